The predicted octanol–water partition coefficient (Wildman–Crippen LogP) is 4.92. The Labute approximate surface area is 177 Å². The predicted molar refractivity (Wildman–Crippen MR) is 118 cm³/mol. The smallest absolute Gasteiger partial charge is 0.338 e. The summed E-state index contributed by atoms with van der Waals surface area (Å²) in [5.41, 5.74) is 2.78. The second kappa shape index (κ2) is 8.54. The number of hydrogen-bond acceptors (Lipinski definition) is 4. The maximum atomic E-state index is 13.2. The maximum Gasteiger partial charge on any atom is 0.338 e. The Morgan fingerprint density at radius 3 is 2.17 bits per heavy atom. The third-order valence-electron chi connectivity index (χ3n) is 5.53. The topological polar surface area (TPSA) is 47.9 Å². The number of ether oxygens (including phenoxy) is 2. The lowest BCUT2D eigenvalue weighted by Gasteiger charge is -2.29. The molecule has 30 heavy (non-hydrogen) atoms. The number of aryl methyl sites for hydroxylation is 1. The molecule has 1 aliphatic rings. The van der Waals surface area contributed by atoms with Gasteiger partial charge in [0.05, 0.1) is 7.11 Å². The van der Waals surface area contributed by atoms with Crippen LogP contribution in [0.1, 0.15) is 35.3 Å². The van der Waals surface area contributed by atoms with Gasteiger partial charge in [-0.3, -0.25) is 0 Å². The molecule has 0 amide bonds. The molecule has 3 aromatic rings. The van der Waals surface area contributed by atoms with Crippen molar-refractivity contribution in [2.45, 2.75) is 31.4 Å². The van der Waals surface area contributed by atoms with E-state index in [1.807, 2.05) is 72.8 Å². The number of methoxy groups -OCH3 is 1. The van der Waals surface area contributed by atoms with E-state index in [2.05, 4.69) is 19.1 Å². The molecule has 3 aromatic carbocycles. The van der Waals surface area contributed by atoms with Crippen molar-refractivity contribution in [3.05, 3.63) is 107 Å². The van der Waals surface area contributed by atoms with Crippen LogP contribution in [0, 0.1) is 0 Å². The summed E-state index contributed by atoms with van der Waals surface area (Å²) in [6.07, 6.45) is 0.768. The molecule has 0 radical (unpaired) electrons. The molecule has 2 atom stereocenters. The molecule has 4 heteroatoms. The van der Waals surface area contributed by atoms with E-state index >= 15 is 0 Å². The highest BCUT2D eigenvalue weighted by Gasteiger charge is 2.54. The van der Waals surface area contributed by atoms with E-state index in [0.717, 1.165) is 23.1 Å². The molecule has 1 aliphatic heterocycles. The molecule has 1 heterocycles. The van der Waals surface area contributed by atoms with Gasteiger partial charge in [-0.25, -0.2) is 9.79 Å². The van der Waals surface area contributed by atoms with Crippen molar-refractivity contribution in [1.29, 1.82) is 0 Å². The molecular formula is C26H25NO3. The molecule has 0 aliphatic carbocycles. The highest BCUT2D eigenvalue weighted by molar-refractivity contribution is 5.99. The van der Waals surface area contributed by atoms with Gasteiger partial charge in [0.2, 0.25) is 11.4 Å². The third-order valence-corrected chi connectivity index (χ3v) is 5.53. The zero-order valence-corrected chi connectivity index (χ0v) is 17.2. The minimum atomic E-state index is -1.20. The van der Waals surface area contributed by atoms with Crippen molar-refractivity contribution in [2.75, 3.05) is 7.11 Å². The fraction of sp³-hybridized carbons (Fsp3) is 0.231. The highest BCUT2D eigenvalue weighted by Crippen LogP contribution is 2.42. The Bertz CT molecular complexity index is 1030. The highest BCUT2D eigenvalue weighted by atomic mass is 16.5. The molecule has 152 valence electrons. The number of carbonyl (C=O) groups is 1. The van der Waals surface area contributed by atoms with Gasteiger partial charge in [-0.15, -0.1) is 0 Å². The first-order valence-electron chi connectivity index (χ1n) is 10.2. The molecule has 0 saturated heterocycles. The lowest BCUT2D eigenvalue weighted by molar-refractivity contribution is -0.149. The number of nitrogens with zero attached hydrogens (tertiary/aromatic N) is 1. The summed E-state index contributed by atoms with van der Waals surface area (Å²) in [5.74, 6) is 0.0632. The molecule has 0 aromatic heterocycles. The Morgan fingerprint density at radius 2 is 1.57 bits per heavy atom. The molecule has 0 spiro atoms. The lowest BCUT2D eigenvalue weighted by Crippen LogP contribution is -2.44. The Morgan fingerprint density at radius 1 is 0.933 bits per heavy atom. The molecule has 0 N–H and O–H groups in total. The SMILES string of the molecule is CCc1ccc(C2=N[C@](Cc3ccccc3)(C(=O)OC)[C@H](c3ccccc3)O2)cc1. The second-order valence-corrected chi connectivity index (χ2v) is 7.45. The first kappa shape index (κ1) is 19.9. The van der Waals surface area contributed by atoms with Gasteiger partial charge in [0.1, 0.15) is 0 Å². The number of rotatable bonds is 6. The number of carbonyl (C=O) groups excluding carboxylic acids is 1. The van der Waals surface area contributed by atoms with Crippen molar-refractivity contribution >= 4 is 11.9 Å². The summed E-state index contributed by atoms with van der Waals surface area (Å²) in [6, 6.07) is 27.7. The average molecular weight is 399 g/mol. The molecule has 0 unspecified atom stereocenters. The summed E-state index contributed by atoms with van der Waals surface area (Å²) in [7, 11) is 1.40. The maximum absolute atomic E-state index is 13.2. The van der Waals surface area contributed by atoms with Crippen LogP contribution in [0.4, 0.5) is 0 Å². The standard InChI is InChI=1S/C26H25NO3/c1-3-19-14-16-22(17-15-19)24-27-26(25(28)29-2,18-20-10-6-4-7-11-20)23(30-24)21-12-8-5-9-13-21/h4-17,23H,3,18H2,1-2H3/t23-,26-/m0/s1. The van der Waals surface area contributed by atoms with Crippen LogP contribution < -0.4 is 0 Å². The summed E-state index contributed by atoms with van der Waals surface area (Å²) in [5, 5.41) is 0. The van der Waals surface area contributed by atoms with Crippen molar-refractivity contribution in [3.63, 3.8) is 0 Å². The van der Waals surface area contributed by atoms with Crippen molar-refractivity contribution in [3.8, 4) is 0 Å². The van der Waals surface area contributed by atoms with Gasteiger partial charge in [0.15, 0.2) is 6.10 Å². The number of hydrogen-bond donors (Lipinski definition) is 0. The van der Waals surface area contributed by atoms with Crippen LogP contribution in [0.5, 0.6) is 0 Å². The molecule has 4 rings (SSSR count). The van der Waals surface area contributed by atoms with Gasteiger partial charge >= 0.3 is 5.97 Å². The normalized spacial score (nSPS) is 20.3. The van der Waals surface area contributed by atoms with E-state index in [4.69, 9.17) is 14.5 Å². The van der Waals surface area contributed by atoms with E-state index in [1.165, 1.54) is 12.7 Å². The zero-order valence-electron chi connectivity index (χ0n) is 17.2. The van der Waals surface area contributed by atoms with Gasteiger partial charge in [0.25, 0.3) is 0 Å². The first-order chi connectivity index (χ1) is 14.7. The molecule has 4 nitrogen and oxygen atoms in total. The van der Waals surface area contributed by atoms with E-state index in [9.17, 15) is 4.79 Å². The monoisotopic (exact) mass is 399 g/mol. The lowest BCUT2D eigenvalue weighted by atomic mass is 9.83. The zero-order chi connectivity index (χ0) is 21.0. The van der Waals surface area contributed by atoms with Gasteiger partial charge in [-0.2, -0.15) is 0 Å². The summed E-state index contributed by atoms with van der Waals surface area (Å²) in [6.45, 7) is 2.12. The van der Waals surface area contributed by atoms with E-state index in [-0.39, 0.29) is 0 Å². The Balaban J connectivity index is 1.83. The number of esters is 1. The number of benzene rings is 3. The van der Waals surface area contributed by atoms with Crippen LogP contribution in [0.2, 0.25) is 0 Å². The van der Waals surface area contributed by atoms with E-state index < -0.39 is 17.6 Å². The van der Waals surface area contributed by atoms with Crippen LogP contribution in [0.25, 0.3) is 0 Å². The molecule has 0 saturated carbocycles. The van der Waals surface area contributed by atoms with Crippen LogP contribution in [-0.4, -0.2) is 24.5 Å². The fourth-order valence-electron chi connectivity index (χ4n) is 3.90. The molecular weight excluding hydrogens is 374 g/mol. The second-order valence-electron chi connectivity index (χ2n) is 7.45. The summed E-state index contributed by atoms with van der Waals surface area (Å²) in [4.78, 5) is 18.1. The van der Waals surface area contributed by atoms with Gasteiger partial charge in [-0.05, 0) is 35.2 Å². The first-order valence-corrected chi connectivity index (χ1v) is 10.2. The van der Waals surface area contributed by atoms with Crippen LogP contribution >= 0.6 is 0 Å². The van der Waals surface area contributed by atoms with Gasteiger partial charge in [0, 0.05) is 12.0 Å². The summed E-state index contributed by atoms with van der Waals surface area (Å²) < 4.78 is 11.6. The molecule has 0 bridgehead atoms. The van der Waals surface area contributed by atoms with E-state index in [1.54, 1.807) is 0 Å². The minimum Gasteiger partial charge on any atom is -0.467 e. The van der Waals surface area contributed by atoms with E-state index in [0.29, 0.717) is 12.3 Å². The summed E-state index contributed by atoms with van der Waals surface area (Å²) >= 11 is 0. The van der Waals surface area contributed by atoms with Gasteiger partial charge in [-0.1, -0.05) is 79.7 Å². The largest absolute Gasteiger partial charge is 0.467 e. The van der Waals surface area contributed by atoms with Crippen LogP contribution in [0.3, 0.4) is 0 Å². The third kappa shape index (κ3) is 3.73. The number of aliphatic imine (C=N–C) groups is 1. The minimum absolute atomic E-state index is 0.386. The average Bonchev–Trinajstić information content (AvgIpc) is 3.20. The van der Waals surface area contributed by atoms with Crippen LogP contribution in [0.15, 0.2) is 89.9 Å². The fourth-order valence-corrected chi connectivity index (χ4v) is 3.90. The van der Waals surface area contributed by atoms with Crippen molar-refractivity contribution in [1.82, 2.24) is 0 Å². The van der Waals surface area contributed by atoms with Crippen molar-refractivity contribution < 1.29 is 14.3 Å². The quantitative estimate of drug-likeness (QED) is 0.553. The van der Waals surface area contributed by atoms with Crippen molar-refractivity contribution in [2.24, 2.45) is 4.99 Å². The Kier molecular flexibility index (Phi) is 5.66. The van der Waals surface area contributed by atoms with Crippen LogP contribution in [-0.2, 0) is 27.1 Å². The molecule has 0 fully saturated rings. The van der Waals surface area contributed by atoms with Gasteiger partial charge < -0.3 is 9.47 Å². The Hall–Kier alpha value is -3.40.